The van der Waals surface area contributed by atoms with Crippen molar-refractivity contribution in [3.63, 3.8) is 0 Å². The zero-order valence-corrected chi connectivity index (χ0v) is 13.1. The molecule has 1 saturated heterocycles. The zero-order valence-electron chi connectivity index (χ0n) is 11.5. The molecule has 1 aliphatic rings. The molecule has 1 aliphatic heterocycles. The number of hydrogen-bond acceptors (Lipinski definition) is 3. The lowest BCUT2D eigenvalue weighted by Gasteiger charge is -2.20. The number of aromatic nitrogens is 1. The van der Waals surface area contributed by atoms with Gasteiger partial charge in [-0.1, -0.05) is 0 Å². The van der Waals surface area contributed by atoms with Crippen molar-refractivity contribution in [3.05, 3.63) is 22.3 Å². The van der Waals surface area contributed by atoms with Gasteiger partial charge in [0.2, 0.25) is 0 Å². The van der Waals surface area contributed by atoms with Gasteiger partial charge in [-0.3, -0.25) is 0 Å². The average molecular weight is 312 g/mol. The highest BCUT2D eigenvalue weighted by Gasteiger charge is 2.19. The first-order valence-electron chi connectivity index (χ1n) is 6.58. The third-order valence-corrected chi connectivity index (χ3v) is 4.62. The Bertz CT molecular complexity index is 408. The van der Waals surface area contributed by atoms with E-state index in [2.05, 4.69) is 57.8 Å². The van der Waals surface area contributed by atoms with Gasteiger partial charge < -0.3 is 9.80 Å². The number of hydrogen-bond donors (Lipinski definition) is 0. The Morgan fingerprint density at radius 1 is 1.56 bits per heavy atom. The molecule has 1 fully saturated rings. The number of likely N-dealkylation sites (tertiary alicyclic amines) is 1. The number of halogens is 1. The quantitative estimate of drug-likeness (QED) is 0.852. The van der Waals surface area contributed by atoms with Crippen molar-refractivity contribution in [1.82, 2.24) is 9.88 Å². The van der Waals surface area contributed by atoms with Gasteiger partial charge in [0.05, 0.1) is 0 Å². The minimum atomic E-state index is 0.856. The summed E-state index contributed by atoms with van der Waals surface area (Å²) >= 11 is 3.49. The van der Waals surface area contributed by atoms with Gasteiger partial charge in [0.1, 0.15) is 5.82 Å². The molecule has 0 bridgehead atoms. The van der Waals surface area contributed by atoms with E-state index in [1.807, 2.05) is 6.20 Å². The first-order chi connectivity index (χ1) is 8.56. The van der Waals surface area contributed by atoms with E-state index in [1.165, 1.54) is 31.5 Å². The Morgan fingerprint density at radius 3 is 2.94 bits per heavy atom. The molecule has 3 nitrogen and oxygen atoms in total. The molecule has 2 rings (SSSR count). The topological polar surface area (TPSA) is 19.4 Å². The van der Waals surface area contributed by atoms with Crippen molar-refractivity contribution in [3.8, 4) is 0 Å². The lowest BCUT2D eigenvalue weighted by molar-refractivity contribution is 0.389. The summed E-state index contributed by atoms with van der Waals surface area (Å²) in [5.74, 6) is 1.93. The minimum Gasteiger partial charge on any atom is -0.360 e. The predicted molar refractivity (Wildman–Crippen MR) is 80.2 cm³/mol. The van der Waals surface area contributed by atoms with Crippen LogP contribution >= 0.6 is 15.9 Å². The Morgan fingerprint density at radius 2 is 2.33 bits per heavy atom. The number of nitrogens with zero attached hydrogens (tertiary/aromatic N) is 3. The Balaban J connectivity index is 1.87. The maximum atomic E-state index is 4.47. The molecular formula is C14H22BrN3. The fraction of sp³-hybridized carbons (Fsp3) is 0.643. The van der Waals surface area contributed by atoms with Crippen LogP contribution in [-0.2, 0) is 0 Å². The van der Waals surface area contributed by atoms with Crippen LogP contribution in [0.1, 0.15) is 18.4 Å². The average Bonchev–Trinajstić information content (AvgIpc) is 2.75. The molecular weight excluding hydrogens is 290 g/mol. The first-order valence-corrected chi connectivity index (χ1v) is 7.37. The highest BCUT2D eigenvalue weighted by Crippen LogP contribution is 2.22. The monoisotopic (exact) mass is 311 g/mol. The normalized spacial score (nSPS) is 20.3. The van der Waals surface area contributed by atoms with E-state index in [4.69, 9.17) is 0 Å². The Hall–Kier alpha value is -0.610. The maximum Gasteiger partial charge on any atom is 0.128 e. The van der Waals surface area contributed by atoms with Gasteiger partial charge >= 0.3 is 0 Å². The van der Waals surface area contributed by atoms with E-state index in [-0.39, 0.29) is 0 Å². The van der Waals surface area contributed by atoms with Gasteiger partial charge in [0.15, 0.2) is 0 Å². The molecule has 1 atom stereocenters. The van der Waals surface area contributed by atoms with Crippen molar-refractivity contribution in [2.75, 3.05) is 38.6 Å². The first kappa shape index (κ1) is 13.8. The van der Waals surface area contributed by atoms with Crippen LogP contribution in [-0.4, -0.2) is 43.6 Å². The Labute approximate surface area is 118 Å². The summed E-state index contributed by atoms with van der Waals surface area (Å²) in [7, 11) is 4.34. The van der Waals surface area contributed by atoms with Gasteiger partial charge in [0.25, 0.3) is 0 Å². The molecule has 18 heavy (non-hydrogen) atoms. The van der Waals surface area contributed by atoms with Gasteiger partial charge in [-0.25, -0.2) is 4.98 Å². The highest BCUT2D eigenvalue weighted by molar-refractivity contribution is 9.10. The summed E-state index contributed by atoms with van der Waals surface area (Å²) in [6.07, 6.45) is 4.50. The third kappa shape index (κ3) is 3.45. The van der Waals surface area contributed by atoms with Crippen LogP contribution in [0, 0.1) is 12.8 Å². The molecule has 100 valence electrons. The summed E-state index contributed by atoms with van der Waals surface area (Å²) in [4.78, 5) is 9.15. The summed E-state index contributed by atoms with van der Waals surface area (Å²) in [6.45, 7) is 5.70. The van der Waals surface area contributed by atoms with E-state index in [0.717, 1.165) is 22.8 Å². The molecule has 0 spiro atoms. The van der Waals surface area contributed by atoms with Crippen molar-refractivity contribution >= 4 is 21.7 Å². The summed E-state index contributed by atoms with van der Waals surface area (Å²) in [5, 5.41) is 0. The van der Waals surface area contributed by atoms with Crippen LogP contribution in [0.25, 0.3) is 0 Å². The van der Waals surface area contributed by atoms with E-state index in [9.17, 15) is 0 Å². The molecule has 0 amide bonds. The molecule has 0 aromatic carbocycles. The van der Waals surface area contributed by atoms with Crippen LogP contribution in [0.4, 0.5) is 5.82 Å². The molecule has 1 unspecified atom stereocenters. The fourth-order valence-corrected chi connectivity index (χ4v) is 2.70. The number of anilines is 1. The second-order valence-electron chi connectivity index (χ2n) is 5.42. The van der Waals surface area contributed by atoms with Crippen molar-refractivity contribution in [2.45, 2.75) is 19.8 Å². The second-order valence-corrected chi connectivity index (χ2v) is 6.27. The minimum absolute atomic E-state index is 0.856. The van der Waals surface area contributed by atoms with E-state index >= 15 is 0 Å². The molecule has 2 heterocycles. The highest BCUT2D eigenvalue weighted by atomic mass is 79.9. The molecule has 4 heteroatoms. The predicted octanol–water partition coefficient (Wildman–Crippen LogP) is 2.93. The van der Waals surface area contributed by atoms with Gasteiger partial charge in [-0.05, 0) is 66.8 Å². The molecule has 0 aliphatic carbocycles. The van der Waals surface area contributed by atoms with Crippen molar-refractivity contribution in [1.29, 1.82) is 0 Å². The lowest BCUT2D eigenvalue weighted by Crippen LogP contribution is -2.23. The molecule has 0 saturated carbocycles. The molecule has 0 N–H and O–H groups in total. The standard InChI is InChI=1S/C14H22BrN3/c1-11-8-14(16-9-13(11)15)18(3)7-5-12-4-6-17(2)10-12/h8-9,12H,4-7,10H2,1-3H3. The SMILES string of the molecule is Cc1cc(N(C)CCC2CCN(C)C2)ncc1Br. The van der Waals surface area contributed by atoms with Crippen molar-refractivity contribution in [2.24, 2.45) is 5.92 Å². The van der Waals surface area contributed by atoms with Crippen LogP contribution in [0.5, 0.6) is 0 Å². The van der Waals surface area contributed by atoms with Crippen LogP contribution in [0.2, 0.25) is 0 Å². The Kier molecular flexibility index (Phi) is 4.62. The number of rotatable bonds is 4. The number of aryl methyl sites for hydroxylation is 1. The lowest BCUT2D eigenvalue weighted by atomic mass is 10.1. The summed E-state index contributed by atoms with van der Waals surface area (Å²) in [5.41, 5.74) is 1.24. The summed E-state index contributed by atoms with van der Waals surface area (Å²) in [6, 6.07) is 2.14. The molecule has 0 radical (unpaired) electrons. The number of pyridine rings is 1. The van der Waals surface area contributed by atoms with Crippen LogP contribution < -0.4 is 4.90 Å². The van der Waals surface area contributed by atoms with E-state index < -0.39 is 0 Å². The van der Waals surface area contributed by atoms with Crippen molar-refractivity contribution < 1.29 is 0 Å². The van der Waals surface area contributed by atoms with E-state index in [0.29, 0.717) is 0 Å². The maximum absolute atomic E-state index is 4.47. The molecule has 1 aromatic heterocycles. The van der Waals surface area contributed by atoms with Gasteiger partial charge in [-0.2, -0.15) is 0 Å². The smallest absolute Gasteiger partial charge is 0.128 e. The van der Waals surface area contributed by atoms with Crippen LogP contribution in [0.3, 0.4) is 0 Å². The van der Waals surface area contributed by atoms with Crippen LogP contribution in [0.15, 0.2) is 16.7 Å². The second kappa shape index (κ2) is 6.02. The fourth-order valence-electron chi connectivity index (χ4n) is 2.49. The molecule has 1 aromatic rings. The zero-order chi connectivity index (χ0) is 13.1. The van der Waals surface area contributed by atoms with Gasteiger partial charge in [-0.15, -0.1) is 0 Å². The summed E-state index contributed by atoms with van der Waals surface area (Å²) < 4.78 is 1.08. The third-order valence-electron chi connectivity index (χ3n) is 3.79. The largest absolute Gasteiger partial charge is 0.360 e. The van der Waals surface area contributed by atoms with Gasteiger partial charge in [0, 0.05) is 30.8 Å². The van der Waals surface area contributed by atoms with E-state index in [1.54, 1.807) is 0 Å².